The summed E-state index contributed by atoms with van der Waals surface area (Å²) in [4.78, 5) is 8.40. The van der Waals surface area contributed by atoms with Gasteiger partial charge in [0.2, 0.25) is 0 Å². The first-order valence-corrected chi connectivity index (χ1v) is 5.24. The van der Waals surface area contributed by atoms with Crippen molar-refractivity contribution in [2.24, 2.45) is 0 Å². The van der Waals surface area contributed by atoms with E-state index in [1.807, 2.05) is 13.0 Å². The van der Waals surface area contributed by atoms with Gasteiger partial charge in [0.1, 0.15) is 0 Å². The number of halogens is 1. The molecule has 1 rings (SSSR count). The van der Waals surface area contributed by atoms with Crippen LogP contribution in [0.2, 0.25) is 0 Å². The molecule has 0 saturated heterocycles. The molecule has 0 unspecified atom stereocenters. The lowest BCUT2D eigenvalue weighted by molar-refractivity contribution is 0.923. The zero-order chi connectivity index (χ0) is 8.97. The minimum atomic E-state index is 0.801. The molecule has 1 heterocycles. The molecule has 0 saturated carbocycles. The highest BCUT2D eigenvalue weighted by molar-refractivity contribution is 9.10. The van der Waals surface area contributed by atoms with Crippen molar-refractivity contribution >= 4 is 27.7 Å². The van der Waals surface area contributed by atoms with Crippen molar-refractivity contribution in [1.82, 2.24) is 9.97 Å². The maximum atomic E-state index is 4.27. The van der Waals surface area contributed by atoms with Gasteiger partial charge in [-0.2, -0.15) is 0 Å². The monoisotopic (exact) mass is 244 g/mol. The highest BCUT2D eigenvalue weighted by Gasteiger charge is 1.99. The van der Waals surface area contributed by atoms with Crippen LogP contribution in [-0.4, -0.2) is 15.7 Å². The second-order valence-electron chi connectivity index (χ2n) is 2.19. The van der Waals surface area contributed by atoms with Crippen LogP contribution < -0.4 is 0 Å². The van der Waals surface area contributed by atoms with Crippen LogP contribution in [0.15, 0.2) is 28.5 Å². The van der Waals surface area contributed by atoms with Crippen molar-refractivity contribution in [1.29, 1.82) is 0 Å². The molecule has 0 radical (unpaired) electrons. The minimum Gasteiger partial charge on any atom is -0.230 e. The number of aromatic nitrogens is 2. The Balaban J connectivity index is 2.75. The summed E-state index contributed by atoms with van der Waals surface area (Å²) in [5.74, 6) is 0.848. The molecule has 0 aliphatic carbocycles. The molecule has 0 fully saturated rings. The van der Waals surface area contributed by atoms with E-state index in [-0.39, 0.29) is 0 Å². The van der Waals surface area contributed by atoms with Crippen LogP contribution >= 0.6 is 27.7 Å². The number of nitrogens with zero attached hydrogens (tertiary/aromatic N) is 2. The van der Waals surface area contributed by atoms with E-state index in [4.69, 9.17) is 0 Å². The Kier molecular flexibility index (Phi) is 3.75. The van der Waals surface area contributed by atoms with Crippen LogP contribution in [0.4, 0.5) is 0 Å². The first-order valence-electron chi connectivity index (χ1n) is 3.47. The Hall–Kier alpha value is -0.350. The summed E-state index contributed by atoms with van der Waals surface area (Å²) in [6.07, 6.45) is 3.61. The molecule has 4 heteroatoms. The quantitative estimate of drug-likeness (QED) is 0.465. The zero-order valence-electron chi connectivity index (χ0n) is 6.75. The lowest BCUT2D eigenvalue weighted by Crippen LogP contribution is -1.90. The van der Waals surface area contributed by atoms with Crippen LogP contribution in [0.5, 0.6) is 0 Å². The molecule has 1 aromatic heterocycles. The number of hydrogen-bond acceptors (Lipinski definition) is 3. The standard InChI is InChI=1S/C8H9BrN2S/c1-3-4-12-8-10-5-7(9)6(2)11-8/h3,5H,1,4H2,2H3. The van der Waals surface area contributed by atoms with Crippen molar-refractivity contribution in [2.45, 2.75) is 12.1 Å². The summed E-state index contributed by atoms with van der Waals surface area (Å²) in [6.45, 7) is 5.58. The summed E-state index contributed by atoms with van der Waals surface area (Å²) >= 11 is 4.93. The lowest BCUT2D eigenvalue weighted by atomic mass is 10.5. The van der Waals surface area contributed by atoms with Gasteiger partial charge in [-0.3, -0.25) is 0 Å². The lowest BCUT2D eigenvalue weighted by Gasteiger charge is -1.99. The van der Waals surface area contributed by atoms with Crippen LogP contribution in [0.1, 0.15) is 5.69 Å². The van der Waals surface area contributed by atoms with E-state index in [2.05, 4.69) is 32.5 Å². The molecular formula is C8H9BrN2S. The van der Waals surface area contributed by atoms with Gasteiger partial charge in [0.25, 0.3) is 0 Å². The Bertz CT molecular complexity index is 288. The molecule has 12 heavy (non-hydrogen) atoms. The molecule has 0 aromatic carbocycles. The maximum Gasteiger partial charge on any atom is 0.188 e. The molecule has 2 nitrogen and oxygen atoms in total. The van der Waals surface area contributed by atoms with Crippen LogP contribution in [0.25, 0.3) is 0 Å². The predicted octanol–water partition coefficient (Wildman–Crippen LogP) is 2.83. The highest BCUT2D eigenvalue weighted by atomic mass is 79.9. The molecule has 0 atom stereocenters. The van der Waals surface area contributed by atoms with Crippen LogP contribution in [-0.2, 0) is 0 Å². The largest absolute Gasteiger partial charge is 0.230 e. The third-order valence-electron chi connectivity index (χ3n) is 1.23. The Labute approximate surface area is 84.6 Å². The van der Waals surface area contributed by atoms with Crippen LogP contribution in [0.3, 0.4) is 0 Å². The minimum absolute atomic E-state index is 0.801. The van der Waals surface area contributed by atoms with Gasteiger partial charge in [-0.15, -0.1) is 6.58 Å². The zero-order valence-corrected chi connectivity index (χ0v) is 9.15. The Morgan fingerprint density at radius 3 is 3.08 bits per heavy atom. The van der Waals surface area contributed by atoms with E-state index in [9.17, 15) is 0 Å². The number of rotatable bonds is 3. The molecule has 0 aliphatic rings. The molecule has 0 N–H and O–H groups in total. The number of aryl methyl sites for hydroxylation is 1. The average molecular weight is 245 g/mol. The van der Waals surface area contributed by atoms with Crippen molar-refractivity contribution in [3.8, 4) is 0 Å². The van der Waals surface area contributed by atoms with Gasteiger partial charge in [-0.25, -0.2) is 9.97 Å². The van der Waals surface area contributed by atoms with Gasteiger partial charge < -0.3 is 0 Å². The Morgan fingerprint density at radius 2 is 2.50 bits per heavy atom. The van der Waals surface area contributed by atoms with Gasteiger partial charge in [0, 0.05) is 11.9 Å². The van der Waals surface area contributed by atoms with E-state index < -0.39 is 0 Å². The molecule has 0 amide bonds. The van der Waals surface area contributed by atoms with Crippen molar-refractivity contribution < 1.29 is 0 Å². The van der Waals surface area contributed by atoms with E-state index in [1.165, 1.54) is 0 Å². The van der Waals surface area contributed by atoms with E-state index in [1.54, 1.807) is 18.0 Å². The van der Waals surface area contributed by atoms with Gasteiger partial charge >= 0.3 is 0 Å². The molecular weight excluding hydrogens is 236 g/mol. The van der Waals surface area contributed by atoms with Crippen molar-refractivity contribution in [3.63, 3.8) is 0 Å². The topological polar surface area (TPSA) is 25.8 Å². The Morgan fingerprint density at radius 1 is 1.75 bits per heavy atom. The molecule has 0 spiro atoms. The molecule has 1 aromatic rings. The van der Waals surface area contributed by atoms with E-state index in [0.29, 0.717) is 0 Å². The van der Waals surface area contributed by atoms with Gasteiger partial charge in [-0.1, -0.05) is 17.8 Å². The summed E-state index contributed by atoms with van der Waals surface area (Å²) in [5, 5.41) is 0.801. The molecule has 0 aliphatic heterocycles. The third-order valence-corrected chi connectivity index (χ3v) is 2.86. The highest BCUT2D eigenvalue weighted by Crippen LogP contribution is 2.17. The van der Waals surface area contributed by atoms with Crippen LogP contribution in [0, 0.1) is 6.92 Å². The third kappa shape index (κ3) is 2.60. The maximum absolute atomic E-state index is 4.27. The number of thioether (sulfide) groups is 1. The molecule has 0 bridgehead atoms. The molecule has 64 valence electrons. The predicted molar refractivity (Wildman–Crippen MR) is 55.4 cm³/mol. The van der Waals surface area contributed by atoms with Crippen molar-refractivity contribution in [3.05, 3.63) is 29.0 Å². The fourth-order valence-electron chi connectivity index (χ4n) is 0.634. The first-order chi connectivity index (χ1) is 5.74. The second kappa shape index (κ2) is 4.62. The summed E-state index contributed by atoms with van der Waals surface area (Å²) in [6, 6.07) is 0. The normalized spacial score (nSPS) is 9.83. The smallest absolute Gasteiger partial charge is 0.188 e. The van der Waals surface area contributed by atoms with Gasteiger partial charge in [-0.05, 0) is 22.9 Å². The van der Waals surface area contributed by atoms with Crippen molar-refractivity contribution in [2.75, 3.05) is 5.75 Å². The SMILES string of the molecule is C=CCSc1ncc(Br)c(C)n1. The van der Waals surface area contributed by atoms with Gasteiger partial charge in [0.05, 0.1) is 10.2 Å². The summed E-state index contributed by atoms with van der Waals surface area (Å²) in [5.41, 5.74) is 0.969. The van der Waals surface area contributed by atoms with E-state index >= 15 is 0 Å². The second-order valence-corrected chi connectivity index (χ2v) is 4.03. The number of hydrogen-bond donors (Lipinski definition) is 0. The van der Waals surface area contributed by atoms with Gasteiger partial charge in [0.15, 0.2) is 5.16 Å². The van der Waals surface area contributed by atoms with E-state index in [0.717, 1.165) is 21.1 Å². The first kappa shape index (κ1) is 9.74. The fraction of sp³-hybridized carbons (Fsp3) is 0.250. The average Bonchev–Trinajstić information content (AvgIpc) is 2.07. The fourth-order valence-corrected chi connectivity index (χ4v) is 1.42. The summed E-state index contributed by atoms with van der Waals surface area (Å²) in [7, 11) is 0. The summed E-state index contributed by atoms with van der Waals surface area (Å²) < 4.78 is 0.949.